The number of nitrogens with one attached hydrogen (secondary N) is 2. The van der Waals surface area contributed by atoms with Crippen molar-refractivity contribution < 1.29 is 0 Å². The van der Waals surface area contributed by atoms with Gasteiger partial charge in [-0.1, -0.05) is 30.3 Å². The molecule has 0 atom stereocenters. The zero-order chi connectivity index (χ0) is 19.1. The lowest BCUT2D eigenvalue weighted by Gasteiger charge is -2.21. The van der Waals surface area contributed by atoms with Gasteiger partial charge in [-0.3, -0.25) is 4.99 Å². The standard InChI is InChI=1S/C20H26N6S.HI/c1-15-14-27-19(24-15)10-7-11-22-20(21-2)26(3)13-18-23-12-17(25-18)16-8-5-4-6-9-16;/h4-6,8-9,12,14H,7,10-11,13H2,1-3H3,(H,21,22)(H,23,25);1H. The number of nitrogens with zero attached hydrogens (tertiary/aromatic N) is 4. The molecule has 8 heteroatoms. The number of rotatable bonds is 7. The molecule has 0 amide bonds. The summed E-state index contributed by atoms with van der Waals surface area (Å²) in [7, 11) is 3.82. The van der Waals surface area contributed by atoms with E-state index >= 15 is 0 Å². The summed E-state index contributed by atoms with van der Waals surface area (Å²) in [6.45, 7) is 3.56. The molecule has 0 radical (unpaired) electrons. The van der Waals surface area contributed by atoms with E-state index in [1.54, 1.807) is 18.4 Å². The lowest BCUT2D eigenvalue weighted by atomic mass is 10.2. The predicted molar refractivity (Wildman–Crippen MR) is 127 cm³/mol. The van der Waals surface area contributed by atoms with Gasteiger partial charge >= 0.3 is 0 Å². The number of hydrogen-bond acceptors (Lipinski definition) is 4. The maximum Gasteiger partial charge on any atom is 0.193 e. The number of imidazole rings is 1. The summed E-state index contributed by atoms with van der Waals surface area (Å²) in [5, 5.41) is 6.71. The SMILES string of the molecule is CN=C(NCCCc1nc(C)cs1)N(C)Cc1ncc(-c2ccccc2)[nH]1.I. The zero-order valence-electron chi connectivity index (χ0n) is 16.5. The van der Waals surface area contributed by atoms with Crippen molar-refractivity contribution in [1.29, 1.82) is 0 Å². The molecule has 0 aliphatic heterocycles. The number of halogens is 1. The molecule has 28 heavy (non-hydrogen) atoms. The number of aliphatic imine (C=N–C) groups is 1. The molecule has 0 aliphatic carbocycles. The van der Waals surface area contributed by atoms with Crippen molar-refractivity contribution in [3.63, 3.8) is 0 Å². The molecule has 6 nitrogen and oxygen atoms in total. The van der Waals surface area contributed by atoms with Crippen LogP contribution in [0, 0.1) is 6.92 Å². The topological polar surface area (TPSA) is 69.2 Å². The summed E-state index contributed by atoms with van der Waals surface area (Å²) in [5.74, 6) is 1.78. The summed E-state index contributed by atoms with van der Waals surface area (Å²) in [4.78, 5) is 18.8. The van der Waals surface area contributed by atoms with Crippen LogP contribution in [0.4, 0.5) is 0 Å². The predicted octanol–water partition coefficient (Wildman–Crippen LogP) is 4.10. The number of thiazole rings is 1. The van der Waals surface area contributed by atoms with Gasteiger partial charge in [0.1, 0.15) is 5.82 Å². The van der Waals surface area contributed by atoms with Gasteiger partial charge in [0.2, 0.25) is 0 Å². The van der Waals surface area contributed by atoms with Gasteiger partial charge in [0.25, 0.3) is 0 Å². The van der Waals surface area contributed by atoms with Crippen molar-refractivity contribution in [2.24, 2.45) is 4.99 Å². The van der Waals surface area contributed by atoms with Gasteiger partial charge in [-0.15, -0.1) is 35.3 Å². The highest BCUT2D eigenvalue weighted by molar-refractivity contribution is 14.0. The van der Waals surface area contributed by atoms with Crippen LogP contribution >= 0.6 is 35.3 Å². The molecule has 0 unspecified atom stereocenters. The van der Waals surface area contributed by atoms with Gasteiger partial charge in [0.15, 0.2) is 5.96 Å². The van der Waals surface area contributed by atoms with E-state index in [0.29, 0.717) is 6.54 Å². The smallest absolute Gasteiger partial charge is 0.193 e. The number of aromatic nitrogens is 3. The third kappa shape index (κ3) is 6.30. The molecule has 0 bridgehead atoms. The Balaban J connectivity index is 0.00000280. The summed E-state index contributed by atoms with van der Waals surface area (Å²) in [5.41, 5.74) is 3.27. The fraction of sp³-hybridized carbons (Fsp3) is 0.350. The first-order valence-electron chi connectivity index (χ1n) is 9.08. The Morgan fingerprint density at radius 1 is 1.29 bits per heavy atom. The van der Waals surface area contributed by atoms with Crippen LogP contribution in [0.25, 0.3) is 11.3 Å². The van der Waals surface area contributed by atoms with E-state index in [2.05, 4.69) is 47.7 Å². The van der Waals surface area contributed by atoms with Crippen LogP contribution in [0.3, 0.4) is 0 Å². The summed E-state index contributed by atoms with van der Waals surface area (Å²) < 4.78 is 0. The second kappa shape index (κ2) is 11.2. The average molecular weight is 510 g/mol. The monoisotopic (exact) mass is 510 g/mol. The molecule has 0 saturated heterocycles. The third-order valence-corrected chi connectivity index (χ3v) is 5.22. The molecule has 3 aromatic rings. The van der Waals surface area contributed by atoms with Crippen molar-refractivity contribution in [3.05, 3.63) is 58.4 Å². The van der Waals surface area contributed by atoms with E-state index in [1.807, 2.05) is 38.4 Å². The van der Waals surface area contributed by atoms with E-state index < -0.39 is 0 Å². The van der Waals surface area contributed by atoms with Crippen LogP contribution in [0.15, 0.2) is 46.9 Å². The van der Waals surface area contributed by atoms with Gasteiger partial charge < -0.3 is 15.2 Å². The highest BCUT2D eigenvalue weighted by atomic mass is 127. The van der Waals surface area contributed by atoms with E-state index in [9.17, 15) is 0 Å². The summed E-state index contributed by atoms with van der Waals surface area (Å²) >= 11 is 1.73. The molecule has 2 heterocycles. The van der Waals surface area contributed by atoms with Gasteiger partial charge in [0, 0.05) is 38.1 Å². The van der Waals surface area contributed by atoms with Crippen molar-refractivity contribution >= 4 is 41.3 Å². The van der Waals surface area contributed by atoms with Crippen LogP contribution in [-0.4, -0.2) is 46.5 Å². The van der Waals surface area contributed by atoms with E-state index in [0.717, 1.165) is 48.1 Å². The van der Waals surface area contributed by atoms with E-state index in [1.165, 1.54) is 5.01 Å². The summed E-state index contributed by atoms with van der Waals surface area (Å²) in [6.07, 6.45) is 3.90. The van der Waals surface area contributed by atoms with Crippen LogP contribution in [0.2, 0.25) is 0 Å². The summed E-state index contributed by atoms with van der Waals surface area (Å²) in [6, 6.07) is 10.2. The molecular formula is C20H27IN6S. The molecule has 3 rings (SSSR count). The number of aromatic amines is 1. The Morgan fingerprint density at radius 2 is 2.07 bits per heavy atom. The van der Waals surface area contributed by atoms with Crippen LogP contribution in [-0.2, 0) is 13.0 Å². The highest BCUT2D eigenvalue weighted by Crippen LogP contribution is 2.16. The number of guanidine groups is 1. The molecule has 150 valence electrons. The fourth-order valence-electron chi connectivity index (χ4n) is 2.85. The Bertz CT molecular complexity index is 874. The molecule has 1 aromatic carbocycles. The molecule has 2 aromatic heterocycles. The molecule has 0 saturated carbocycles. The average Bonchev–Trinajstić information content (AvgIpc) is 3.31. The second-order valence-electron chi connectivity index (χ2n) is 6.43. The molecule has 0 fully saturated rings. The Kier molecular flexibility index (Phi) is 8.91. The zero-order valence-corrected chi connectivity index (χ0v) is 19.6. The Morgan fingerprint density at radius 3 is 2.75 bits per heavy atom. The normalized spacial score (nSPS) is 11.2. The number of hydrogen-bond donors (Lipinski definition) is 2. The molecule has 2 N–H and O–H groups in total. The van der Waals surface area contributed by atoms with Gasteiger partial charge in [-0.05, 0) is 18.9 Å². The Hall–Kier alpha value is -1.94. The third-order valence-electron chi connectivity index (χ3n) is 4.19. The first kappa shape index (κ1) is 22.4. The molecule has 0 spiro atoms. The molecule has 0 aliphatic rings. The largest absolute Gasteiger partial charge is 0.356 e. The first-order valence-corrected chi connectivity index (χ1v) is 9.96. The van der Waals surface area contributed by atoms with Gasteiger partial charge in [0.05, 0.1) is 23.4 Å². The minimum absolute atomic E-state index is 0. The number of aryl methyl sites for hydroxylation is 2. The highest BCUT2D eigenvalue weighted by Gasteiger charge is 2.10. The minimum Gasteiger partial charge on any atom is -0.356 e. The number of H-pyrrole nitrogens is 1. The lowest BCUT2D eigenvalue weighted by Crippen LogP contribution is -2.39. The molecular weight excluding hydrogens is 483 g/mol. The van der Waals surface area contributed by atoms with Crippen LogP contribution in [0.5, 0.6) is 0 Å². The van der Waals surface area contributed by atoms with E-state index in [-0.39, 0.29) is 24.0 Å². The van der Waals surface area contributed by atoms with Gasteiger partial charge in [-0.25, -0.2) is 9.97 Å². The number of benzene rings is 1. The van der Waals surface area contributed by atoms with Crippen molar-refractivity contribution in [2.45, 2.75) is 26.3 Å². The van der Waals surface area contributed by atoms with Crippen molar-refractivity contribution in [2.75, 3.05) is 20.6 Å². The minimum atomic E-state index is 0. The Labute approximate surface area is 187 Å². The fourth-order valence-corrected chi connectivity index (χ4v) is 3.67. The maximum atomic E-state index is 4.50. The second-order valence-corrected chi connectivity index (χ2v) is 7.37. The lowest BCUT2D eigenvalue weighted by molar-refractivity contribution is 0.463. The maximum absolute atomic E-state index is 4.50. The quantitative estimate of drug-likeness (QED) is 0.217. The van der Waals surface area contributed by atoms with Crippen LogP contribution in [0.1, 0.15) is 22.9 Å². The van der Waals surface area contributed by atoms with Crippen molar-refractivity contribution in [1.82, 2.24) is 25.2 Å². The van der Waals surface area contributed by atoms with E-state index in [4.69, 9.17) is 0 Å². The first-order chi connectivity index (χ1) is 13.2. The van der Waals surface area contributed by atoms with Gasteiger partial charge in [-0.2, -0.15) is 0 Å². The van der Waals surface area contributed by atoms with Crippen molar-refractivity contribution in [3.8, 4) is 11.3 Å². The van der Waals surface area contributed by atoms with Crippen LogP contribution < -0.4 is 5.32 Å².